The Bertz CT molecular complexity index is 1290. The van der Waals surface area contributed by atoms with Gasteiger partial charge in [-0.2, -0.15) is 0 Å². The Morgan fingerprint density at radius 1 is 1.06 bits per heavy atom. The Kier molecular flexibility index (Phi) is 6.20. The fourth-order valence-electron chi connectivity index (χ4n) is 3.02. The molecular formula is C22H15ClN4O4S. The van der Waals surface area contributed by atoms with Crippen LogP contribution in [0.3, 0.4) is 0 Å². The Balaban J connectivity index is 1.69. The van der Waals surface area contributed by atoms with Gasteiger partial charge in [0.2, 0.25) is 0 Å². The summed E-state index contributed by atoms with van der Waals surface area (Å²) in [5.74, 6) is 0.0855. The molecule has 8 nitrogen and oxygen atoms in total. The normalized spacial score (nSPS) is 10.8. The molecule has 32 heavy (non-hydrogen) atoms. The van der Waals surface area contributed by atoms with Crippen LogP contribution in [0.1, 0.15) is 15.9 Å². The standard InChI is InChI=1S/C22H15ClN4O4S/c23-17-2-1-3-19(12-17)26-20(15-8-10-18(11-9-15)27(30)31)24-25-22(26)32-13-14-4-6-16(7-5-14)21(28)29/h1-12H,13H2,(H,28,29). The predicted octanol–water partition coefficient (Wildman–Crippen LogP) is 5.49. The highest BCUT2D eigenvalue weighted by molar-refractivity contribution is 7.98. The number of rotatable bonds is 7. The maximum Gasteiger partial charge on any atom is 0.335 e. The third kappa shape index (κ3) is 4.63. The van der Waals surface area contributed by atoms with Crippen molar-refractivity contribution in [2.24, 2.45) is 0 Å². The van der Waals surface area contributed by atoms with E-state index in [0.29, 0.717) is 27.3 Å². The van der Waals surface area contributed by atoms with Gasteiger partial charge in [-0.3, -0.25) is 14.7 Å². The van der Waals surface area contributed by atoms with Crippen LogP contribution in [0.4, 0.5) is 5.69 Å². The molecule has 0 aliphatic rings. The molecule has 0 saturated heterocycles. The van der Waals surface area contributed by atoms with E-state index < -0.39 is 10.9 Å². The number of non-ortho nitro benzene ring substituents is 1. The summed E-state index contributed by atoms with van der Waals surface area (Å²) >= 11 is 7.63. The SMILES string of the molecule is O=C(O)c1ccc(CSc2nnc(-c3ccc([N+](=O)[O-])cc3)n2-c2cccc(Cl)c2)cc1. The maximum absolute atomic E-state index is 11.0. The van der Waals surface area contributed by atoms with Gasteiger partial charge in [0.15, 0.2) is 11.0 Å². The summed E-state index contributed by atoms with van der Waals surface area (Å²) in [5, 5.41) is 29.8. The van der Waals surface area contributed by atoms with E-state index in [2.05, 4.69) is 10.2 Å². The molecule has 0 bridgehead atoms. The minimum Gasteiger partial charge on any atom is -0.478 e. The second kappa shape index (κ2) is 9.21. The summed E-state index contributed by atoms with van der Waals surface area (Å²) in [4.78, 5) is 21.6. The zero-order valence-electron chi connectivity index (χ0n) is 16.4. The highest BCUT2D eigenvalue weighted by Gasteiger charge is 2.18. The van der Waals surface area contributed by atoms with Crippen LogP contribution in [-0.4, -0.2) is 30.8 Å². The molecule has 4 aromatic rings. The number of carboxylic acids is 1. The number of thioether (sulfide) groups is 1. The van der Waals surface area contributed by atoms with E-state index in [1.807, 2.05) is 16.7 Å². The lowest BCUT2D eigenvalue weighted by Crippen LogP contribution is -2.00. The zero-order chi connectivity index (χ0) is 22.7. The van der Waals surface area contributed by atoms with Crippen molar-refractivity contribution in [3.05, 3.63) is 99.1 Å². The lowest BCUT2D eigenvalue weighted by atomic mass is 10.1. The van der Waals surface area contributed by atoms with Crippen LogP contribution >= 0.6 is 23.4 Å². The summed E-state index contributed by atoms with van der Waals surface area (Å²) in [5.41, 5.74) is 2.56. The van der Waals surface area contributed by atoms with Gasteiger partial charge in [-0.05, 0) is 48.0 Å². The lowest BCUT2D eigenvalue weighted by molar-refractivity contribution is -0.384. The van der Waals surface area contributed by atoms with Crippen molar-refractivity contribution < 1.29 is 14.8 Å². The van der Waals surface area contributed by atoms with E-state index in [0.717, 1.165) is 11.3 Å². The second-order valence-corrected chi connectivity index (χ2v) is 8.10. The summed E-state index contributed by atoms with van der Waals surface area (Å²) in [6.07, 6.45) is 0. The number of nitro benzene ring substituents is 1. The van der Waals surface area contributed by atoms with Crippen molar-refractivity contribution >= 4 is 35.0 Å². The van der Waals surface area contributed by atoms with Gasteiger partial charge in [0, 0.05) is 28.5 Å². The smallest absolute Gasteiger partial charge is 0.335 e. The zero-order valence-corrected chi connectivity index (χ0v) is 18.0. The van der Waals surface area contributed by atoms with E-state index in [1.165, 1.54) is 23.9 Å². The van der Waals surface area contributed by atoms with E-state index in [1.54, 1.807) is 48.5 Å². The van der Waals surface area contributed by atoms with Crippen LogP contribution in [0.15, 0.2) is 78.0 Å². The van der Waals surface area contributed by atoms with Gasteiger partial charge in [-0.1, -0.05) is 41.6 Å². The molecule has 0 radical (unpaired) electrons. The number of nitrogens with zero attached hydrogens (tertiary/aromatic N) is 4. The number of aromatic carboxylic acids is 1. The Morgan fingerprint density at radius 3 is 2.41 bits per heavy atom. The van der Waals surface area contributed by atoms with Gasteiger partial charge < -0.3 is 5.11 Å². The van der Waals surface area contributed by atoms with Crippen molar-refractivity contribution in [3.63, 3.8) is 0 Å². The number of hydrogen-bond acceptors (Lipinski definition) is 6. The van der Waals surface area contributed by atoms with Gasteiger partial charge in [0.25, 0.3) is 5.69 Å². The van der Waals surface area contributed by atoms with Crippen molar-refractivity contribution in [1.82, 2.24) is 14.8 Å². The average molecular weight is 467 g/mol. The predicted molar refractivity (Wildman–Crippen MR) is 121 cm³/mol. The highest BCUT2D eigenvalue weighted by atomic mass is 35.5. The molecule has 160 valence electrons. The van der Waals surface area contributed by atoms with Crippen molar-refractivity contribution in [2.75, 3.05) is 0 Å². The number of hydrogen-bond donors (Lipinski definition) is 1. The lowest BCUT2D eigenvalue weighted by Gasteiger charge is -2.11. The molecule has 0 saturated carbocycles. The molecule has 0 spiro atoms. The summed E-state index contributed by atoms with van der Waals surface area (Å²) < 4.78 is 1.84. The molecule has 4 rings (SSSR count). The highest BCUT2D eigenvalue weighted by Crippen LogP contribution is 2.31. The van der Waals surface area contributed by atoms with Crippen molar-refractivity contribution in [2.45, 2.75) is 10.9 Å². The van der Waals surface area contributed by atoms with Gasteiger partial charge in [-0.25, -0.2) is 4.79 Å². The number of carboxylic acid groups (broad SMARTS) is 1. The van der Waals surface area contributed by atoms with Crippen LogP contribution in [0.5, 0.6) is 0 Å². The molecule has 10 heteroatoms. The van der Waals surface area contributed by atoms with E-state index in [4.69, 9.17) is 16.7 Å². The summed E-state index contributed by atoms with van der Waals surface area (Å²) in [6.45, 7) is 0. The third-order valence-electron chi connectivity index (χ3n) is 4.60. The van der Waals surface area contributed by atoms with Crippen molar-refractivity contribution in [3.8, 4) is 17.1 Å². The van der Waals surface area contributed by atoms with Crippen LogP contribution in [0.2, 0.25) is 5.02 Å². The first-order valence-corrected chi connectivity index (χ1v) is 10.7. The van der Waals surface area contributed by atoms with Gasteiger partial charge >= 0.3 is 5.97 Å². The first kappa shape index (κ1) is 21.5. The first-order valence-electron chi connectivity index (χ1n) is 9.33. The molecule has 0 unspecified atom stereocenters. The molecule has 0 aliphatic heterocycles. The van der Waals surface area contributed by atoms with Crippen molar-refractivity contribution in [1.29, 1.82) is 0 Å². The third-order valence-corrected chi connectivity index (χ3v) is 5.84. The minimum absolute atomic E-state index is 0.0121. The number of benzene rings is 3. The number of carbonyl (C=O) groups is 1. The summed E-state index contributed by atoms with van der Waals surface area (Å²) in [6, 6.07) is 20.0. The maximum atomic E-state index is 11.0. The number of halogens is 1. The molecule has 1 aromatic heterocycles. The van der Waals surface area contributed by atoms with E-state index in [-0.39, 0.29) is 11.3 Å². The Hall–Kier alpha value is -3.69. The molecule has 1 N–H and O–H groups in total. The summed E-state index contributed by atoms with van der Waals surface area (Å²) in [7, 11) is 0. The van der Waals surface area contributed by atoms with Gasteiger partial charge in [0.1, 0.15) is 0 Å². The second-order valence-electron chi connectivity index (χ2n) is 6.72. The molecule has 0 aliphatic carbocycles. The molecular weight excluding hydrogens is 452 g/mol. The van der Waals surface area contributed by atoms with Crippen LogP contribution in [0, 0.1) is 10.1 Å². The number of aromatic nitrogens is 3. The van der Waals surface area contributed by atoms with Crippen LogP contribution in [0.25, 0.3) is 17.1 Å². The number of nitro groups is 1. The van der Waals surface area contributed by atoms with E-state index in [9.17, 15) is 14.9 Å². The molecule has 0 fully saturated rings. The van der Waals surface area contributed by atoms with E-state index >= 15 is 0 Å². The Labute approximate surface area is 191 Å². The quantitative estimate of drug-likeness (QED) is 0.218. The topological polar surface area (TPSA) is 111 Å². The van der Waals surface area contributed by atoms with Gasteiger partial charge in [0.05, 0.1) is 16.2 Å². The molecule has 0 atom stereocenters. The molecule has 1 heterocycles. The van der Waals surface area contributed by atoms with Crippen LogP contribution in [-0.2, 0) is 5.75 Å². The molecule has 0 amide bonds. The fraction of sp³-hybridized carbons (Fsp3) is 0.0455. The monoisotopic (exact) mass is 466 g/mol. The Morgan fingerprint density at radius 2 is 1.78 bits per heavy atom. The van der Waals surface area contributed by atoms with Gasteiger partial charge in [-0.15, -0.1) is 10.2 Å². The first-order chi connectivity index (χ1) is 15.4. The average Bonchev–Trinajstić information content (AvgIpc) is 3.22. The fourth-order valence-corrected chi connectivity index (χ4v) is 4.11. The largest absolute Gasteiger partial charge is 0.478 e. The molecule has 3 aromatic carbocycles. The minimum atomic E-state index is -0.974. The van der Waals surface area contributed by atoms with Crippen LogP contribution < -0.4 is 0 Å².